The van der Waals surface area contributed by atoms with E-state index in [4.69, 9.17) is 14.2 Å². The first-order chi connectivity index (χ1) is 21.7. The van der Waals surface area contributed by atoms with Gasteiger partial charge in [-0.05, 0) is 61.1 Å². The number of carbonyl (C=O) groups excluding carboxylic acids is 1. The zero-order valence-corrected chi connectivity index (χ0v) is 24.1. The van der Waals surface area contributed by atoms with E-state index in [1.165, 1.54) is 11.3 Å². The molecule has 44 heavy (non-hydrogen) atoms. The Kier molecular flexibility index (Phi) is 6.61. The van der Waals surface area contributed by atoms with Crippen molar-refractivity contribution in [1.29, 1.82) is 0 Å². The fourth-order valence-corrected chi connectivity index (χ4v) is 7.18. The number of esters is 1. The molecule has 12 heteroatoms. The molecule has 2 aromatic carbocycles. The molecule has 6 atom stereocenters. The number of tetrazole rings is 1. The maximum absolute atomic E-state index is 11.8. The summed E-state index contributed by atoms with van der Waals surface area (Å²) in [5.41, 5.74) is 5.92. The number of hydrogen-bond donors (Lipinski definition) is 3. The van der Waals surface area contributed by atoms with Crippen LogP contribution in [0.3, 0.4) is 0 Å². The van der Waals surface area contributed by atoms with E-state index in [1.807, 2.05) is 60.7 Å². The van der Waals surface area contributed by atoms with Gasteiger partial charge in [0.05, 0.1) is 19.8 Å². The molecule has 3 aromatic heterocycles. The first kappa shape index (κ1) is 26.6. The van der Waals surface area contributed by atoms with Crippen LogP contribution in [-0.4, -0.2) is 66.8 Å². The molecule has 4 aliphatic rings. The Bertz CT molecular complexity index is 1750. The minimum Gasteiger partial charge on any atom is -0.493 e. The van der Waals surface area contributed by atoms with Crippen LogP contribution in [0.4, 0.5) is 0 Å². The second-order valence-electron chi connectivity index (χ2n) is 11.7. The van der Waals surface area contributed by atoms with Crippen LogP contribution in [0.2, 0.25) is 0 Å². The number of rotatable bonds is 9. The minimum atomic E-state index is -0.321. The largest absolute Gasteiger partial charge is 0.493 e. The van der Waals surface area contributed by atoms with Crippen LogP contribution >= 0.6 is 0 Å². The molecule has 0 aliphatic heterocycles. The second-order valence-corrected chi connectivity index (χ2v) is 11.7. The summed E-state index contributed by atoms with van der Waals surface area (Å²) in [5, 5.41) is 28.8. The molecular formula is C32H32N8O4. The molecule has 0 bridgehead atoms. The molecule has 9 rings (SSSR count). The van der Waals surface area contributed by atoms with E-state index in [9.17, 15) is 4.79 Å². The number of hydrogen-bond acceptors (Lipinski definition) is 9. The number of ether oxygens (including phenoxy) is 3. The molecular weight excluding hydrogens is 560 g/mol. The van der Waals surface area contributed by atoms with Gasteiger partial charge in [-0.15, -0.1) is 10.2 Å². The summed E-state index contributed by atoms with van der Waals surface area (Å²) >= 11 is 0. The van der Waals surface area contributed by atoms with Gasteiger partial charge in [0.25, 0.3) is 0 Å². The van der Waals surface area contributed by atoms with Gasteiger partial charge in [-0.2, -0.15) is 15.4 Å². The van der Waals surface area contributed by atoms with Crippen molar-refractivity contribution < 1.29 is 19.0 Å². The van der Waals surface area contributed by atoms with E-state index < -0.39 is 0 Å². The number of carbonyl (C=O) groups is 1. The highest BCUT2D eigenvalue weighted by molar-refractivity contribution is 5.89. The highest BCUT2D eigenvalue weighted by atomic mass is 16.5. The highest BCUT2D eigenvalue weighted by Crippen LogP contribution is 2.62. The van der Waals surface area contributed by atoms with Gasteiger partial charge in [0.1, 0.15) is 17.2 Å². The Hall–Kier alpha value is -5.00. The van der Waals surface area contributed by atoms with Crippen LogP contribution in [0, 0.1) is 23.7 Å². The van der Waals surface area contributed by atoms with Gasteiger partial charge < -0.3 is 14.2 Å². The molecule has 3 heterocycles. The second kappa shape index (κ2) is 10.9. The van der Waals surface area contributed by atoms with Crippen molar-refractivity contribution >= 4 is 5.97 Å². The molecule has 3 N–H and O–H groups in total. The Morgan fingerprint density at radius 1 is 0.795 bits per heavy atom. The predicted molar refractivity (Wildman–Crippen MR) is 157 cm³/mol. The number of fused-ring (bicyclic) bond motifs is 6. The van der Waals surface area contributed by atoms with Crippen molar-refractivity contribution in [2.45, 2.75) is 31.6 Å². The molecule has 2 fully saturated rings. The van der Waals surface area contributed by atoms with E-state index in [2.05, 4.69) is 41.0 Å². The van der Waals surface area contributed by atoms with E-state index in [0.29, 0.717) is 60.2 Å². The van der Waals surface area contributed by atoms with Gasteiger partial charge in [0, 0.05) is 46.2 Å². The van der Waals surface area contributed by atoms with E-state index >= 15 is 0 Å². The molecule has 0 spiro atoms. The third-order valence-corrected chi connectivity index (χ3v) is 9.41. The summed E-state index contributed by atoms with van der Waals surface area (Å²) in [7, 11) is 0. The lowest BCUT2D eigenvalue weighted by Gasteiger charge is -2.07. The first-order valence-electron chi connectivity index (χ1n) is 15.1. The van der Waals surface area contributed by atoms with Gasteiger partial charge in [-0.3, -0.25) is 10.2 Å². The Balaban J connectivity index is 0.000000131. The average molecular weight is 593 g/mol. The third kappa shape index (κ3) is 4.70. The maximum atomic E-state index is 11.8. The SMILES string of the molecule is CCOC(=O)c1n[nH]c2c1C[C@H]1[C@@H](COc3ccccc3)[C@@H]21.c1ccc(OC[C@@H]2[C@@H]3Cc4c(-c5nn[nH]n5)n[nH]c4[C@H]23)cc1. The van der Waals surface area contributed by atoms with Crippen molar-refractivity contribution in [3.05, 3.63) is 88.9 Å². The highest BCUT2D eigenvalue weighted by Gasteiger charge is 2.59. The predicted octanol–water partition coefficient (Wildman–Crippen LogP) is 4.11. The molecule has 4 aliphatic carbocycles. The number of H-pyrrole nitrogens is 3. The average Bonchev–Trinajstić information content (AvgIpc) is 3.50. The quantitative estimate of drug-likeness (QED) is 0.214. The summed E-state index contributed by atoms with van der Waals surface area (Å²) < 4.78 is 16.8. The van der Waals surface area contributed by atoms with E-state index in [-0.39, 0.29) is 5.97 Å². The lowest BCUT2D eigenvalue weighted by Crippen LogP contribution is -2.09. The van der Waals surface area contributed by atoms with Crippen molar-refractivity contribution in [3.8, 4) is 23.0 Å². The molecule has 0 amide bonds. The van der Waals surface area contributed by atoms with Gasteiger partial charge >= 0.3 is 5.97 Å². The number of nitrogens with zero attached hydrogens (tertiary/aromatic N) is 5. The lowest BCUT2D eigenvalue weighted by atomic mass is 10.1. The molecule has 5 aromatic rings. The standard InChI is InChI=1S/C17H18N2O3.C15H14N6O/c1-2-21-17(20)16-12-8-11-13(14(11)15(12)18-19-16)9-22-10-6-4-3-5-7-10;1-2-4-8(5-3-1)22-7-11-9-6-10-13(12(9)11)16-17-14(10)15-18-20-21-19-15/h3-7,11,13-14H,2,8-9H2,1H3,(H,18,19);1-5,9,11-12H,6-7H2,(H,16,17)(H,18,19,20,21)/t11-,13+,14-;9-,11+,12-/m00/s1. The van der Waals surface area contributed by atoms with E-state index in [1.54, 1.807) is 6.92 Å². The fraction of sp³-hybridized carbons (Fsp3) is 0.375. The summed E-state index contributed by atoms with van der Waals surface area (Å²) in [6, 6.07) is 19.8. The molecule has 0 saturated heterocycles. The summed E-state index contributed by atoms with van der Waals surface area (Å²) in [4.78, 5) is 11.8. The van der Waals surface area contributed by atoms with Crippen molar-refractivity contribution in [2.75, 3.05) is 19.8 Å². The van der Waals surface area contributed by atoms with Crippen molar-refractivity contribution in [1.82, 2.24) is 41.0 Å². The number of para-hydroxylation sites is 2. The number of aromatic amines is 3. The van der Waals surface area contributed by atoms with Crippen LogP contribution in [0.15, 0.2) is 60.7 Å². The van der Waals surface area contributed by atoms with E-state index in [0.717, 1.165) is 47.9 Å². The molecule has 12 nitrogen and oxygen atoms in total. The van der Waals surface area contributed by atoms with Crippen molar-refractivity contribution in [3.63, 3.8) is 0 Å². The van der Waals surface area contributed by atoms with Crippen LogP contribution in [0.5, 0.6) is 11.5 Å². The fourth-order valence-electron chi connectivity index (χ4n) is 7.18. The topological polar surface area (TPSA) is 157 Å². The molecule has 224 valence electrons. The Morgan fingerprint density at radius 2 is 1.39 bits per heavy atom. The molecule has 2 saturated carbocycles. The number of benzene rings is 2. The maximum Gasteiger partial charge on any atom is 0.359 e. The van der Waals surface area contributed by atoms with Crippen LogP contribution in [-0.2, 0) is 17.6 Å². The summed E-state index contributed by atoms with van der Waals surface area (Å²) in [6.45, 7) is 3.65. The first-order valence-corrected chi connectivity index (χ1v) is 15.1. The zero-order chi connectivity index (χ0) is 29.6. The Morgan fingerprint density at radius 3 is 1.98 bits per heavy atom. The molecule has 0 unspecified atom stereocenters. The van der Waals surface area contributed by atoms with Gasteiger partial charge in [-0.1, -0.05) is 36.4 Å². The number of nitrogens with one attached hydrogen (secondary N) is 3. The van der Waals surface area contributed by atoms with Gasteiger partial charge in [0.15, 0.2) is 5.69 Å². The lowest BCUT2D eigenvalue weighted by molar-refractivity contribution is 0.0518. The third-order valence-electron chi connectivity index (χ3n) is 9.41. The molecule has 0 radical (unpaired) electrons. The Labute approximate surface area is 252 Å². The minimum absolute atomic E-state index is 0.321. The number of aromatic nitrogens is 8. The van der Waals surface area contributed by atoms with Gasteiger partial charge in [-0.25, -0.2) is 4.79 Å². The van der Waals surface area contributed by atoms with Crippen LogP contribution < -0.4 is 9.47 Å². The van der Waals surface area contributed by atoms with Crippen molar-refractivity contribution in [2.24, 2.45) is 23.7 Å². The van der Waals surface area contributed by atoms with Gasteiger partial charge in [0.2, 0.25) is 5.82 Å². The normalized spacial score (nSPS) is 24.7. The monoisotopic (exact) mass is 592 g/mol. The van der Waals surface area contributed by atoms with Crippen LogP contribution in [0.25, 0.3) is 11.5 Å². The zero-order valence-electron chi connectivity index (χ0n) is 24.1. The summed E-state index contributed by atoms with van der Waals surface area (Å²) in [6.07, 6.45) is 1.91. The van der Waals surface area contributed by atoms with Crippen LogP contribution in [0.1, 0.15) is 51.8 Å². The summed E-state index contributed by atoms with van der Waals surface area (Å²) in [5.74, 6) is 5.39. The smallest absolute Gasteiger partial charge is 0.359 e.